The first kappa shape index (κ1) is 15.5. The lowest BCUT2D eigenvalue weighted by Gasteiger charge is -2.10. The van der Waals surface area contributed by atoms with E-state index in [-0.39, 0.29) is 12.7 Å². The van der Waals surface area contributed by atoms with Gasteiger partial charge in [0.2, 0.25) is 6.79 Å². The summed E-state index contributed by atoms with van der Waals surface area (Å²) in [6, 6.07) is 10.5. The van der Waals surface area contributed by atoms with Crippen LogP contribution in [0.5, 0.6) is 17.2 Å². The van der Waals surface area contributed by atoms with Crippen LogP contribution in [0.4, 0.5) is 0 Å². The molecular formula is C17H16ClNO4. The Morgan fingerprint density at radius 2 is 2.04 bits per heavy atom. The average molecular weight is 334 g/mol. The van der Waals surface area contributed by atoms with Crippen LogP contribution in [0, 0.1) is 6.92 Å². The molecule has 0 unspecified atom stereocenters. The molecule has 23 heavy (non-hydrogen) atoms. The normalized spacial score (nSPS) is 12.1. The summed E-state index contributed by atoms with van der Waals surface area (Å²) in [5, 5.41) is 3.48. The molecule has 120 valence electrons. The summed E-state index contributed by atoms with van der Waals surface area (Å²) >= 11 is 5.90. The van der Waals surface area contributed by atoms with Crippen molar-refractivity contribution in [3.05, 3.63) is 52.5 Å². The van der Waals surface area contributed by atoms with Gasteiger partial charge in [0.1, 0.15) is 12.4 Å². The predicted octanol–water partition coefficient (Wildman–Crippen LogP) is 3.19. The van der Waals surface area contributed by atoms with Gasteiger partial charge in [-0.15, -0.1) is 0 Å². The van der Waals surface area contributed by atoms with Crippen LogP contribution in [0.15, 0.2) is 36.4 Å². The Balaban J connectivity index is 1.49. The molecular weight excluding hydrogens is 318 g/mol. The minimum atomic E-state index is -0.181. The maximum Gasteiger partial charge on any atom is 0.251 e. The molecule has 0 spiro atoms. The predicted molar refractivity (Wildman–Crippen MR) is 86.6 cm³/mol. The van der Waals surface area contributed by atoms with Gasteiger partial charge >= 0.3 is 0 Å². The van der Waals surface area contributed by atoms with Crippen LogP contribution in [0.25, 0.3) is 0 Å². The van der Waals surface area contributed by atoms with Crippen LogP contribution in [0.1, 0.15) is 15.9 Å². The molecule has 0 fully saturated rings. The number of nitrogens with one attached hydrogen (secondary N) is 1. The van der Waals surface area contributed by atoms with Crippen LogP contribution in [-0.2, 0) is 0 Å². The molecule has 0 bridgehead atoms. The number of halogens is 1. The third kappa shape index (κ3) is 3.68. The van der Waals surface area contributed by atoms with Gasteiger partial charge < -0.3 is 19.5 Å². The van der Waals surface area contributed by atoms with E-state index < -0.39 is 0 Å². The van der Waals surface area contributed by atoms with E-state index in [1.54, 1.807) is 24.3 Å². The fourth-order valence-corrected chi connectivity index (χ4v) is 2.47. The molecule has 1 amide bonds. The van der Waals surface area contributed by atoms with E-state index in [0.29, 0.717) is 35.2 Å². The first-order valence-electron chi connectivity index (χ1n) is 7.20. The van der Waals surface area contributed by atoms with Crippen LogP contribution in [-0.4, -0.2) is 25.9 Å². The van der Waals surface area contributed by atoms with E-state index in [1.165, 1.54) is 0 Å². The molecule has 0 aliphatic carbocycles. The molecule has 0 radical (unpaired) electrons. The van der Waals surface area contributed by atoms with Crippen molar-refractivity contribution in [2.75, 3.05) is 19.9 Å². The molecule has 0 saturated heterocycles. The van der Waals surface area contributed by atoms with Crippen molar-refractivity contribution in [2.24, 2.45) is 0 Å². The number of hydrogen-bond donors (Lipinski definition) is 1. The highest BCUT2D eigenvalue weighted by Gasteiger charge is 2.15. The summed E-state index contributed by atoms with van der Waals surface area (Å²) in [6.45, 7) is 2.88. The Morgan fingerprint density at radius 3 is 2.87 bits per heavy atom. The maximum absolute atomic E-state index is 12.1. The van der Waals surface area contributed by atoms with Gasteiger partial charge in [-0.3, -0.25) is 4.79 Å². The number of carbonyl (C=O) groups is 1. The lowest BCUT2D eigenvalue weighted by atomic mass is 10.2. The molecule has 0 aromatic heterocycles. The highest BCUT2D eigenvalue weighted by Crippen LogP contribution is 2.32. The van der Waals surface area contributed by atoms with E-state index in [2.05, 4.69) is 5.32 Å². The number of amides is 1. The van der Waals surface area contributed by atoms with E-state index >= 15 is 0 Å². The number of carbonyl (C=O) groups excluding carboxylic acids is 1. The fourth-order valence-electron chi connectivity index (χ4n) is 2.24. The first-order valence-corrected chi connectivity index (χ1v) is 7.58. The van der Waals surface area contributed by atoms with E-state index in [1.807, 2.05) is 19.1 Å². The number of aryl methyl sites for hydroxylation is 1. The van der Waals surface area contributed by atoms with Crippen molar-refractivity contribution in [3.63, 3.8) is 0 Å². The van der Waals surface area contributed by atoms with Gasteiger partial charge in [-0.2, -0.15) is 0 Å². The molecule has 2 aromatic rings. The van der Waals surface area contributed by atoms with Gasteiger partial charge in [0, 0.05) is 10.6 Å². The number of hydrogen-bond acceptors (Lipinski definition) is 4. The van der Waals surface area contributed by atoms with Crippen molar-refractivity contribution in [2.45, 2.75) is 6.92 Å². The zero-order valence-electron chi connectivity index (χ0n) is 12.6. The standard InChI is InChI=1S/C17H16ClNO4/c1-11-8-13(18)3-5-14(11)21-7-6-19-17(20)12-2-4-15-16(9-12)23-10-22-15/h2-5,8-9H,6-7,10H2,1H3,(H,19,20). The van der Waals surface area contributed by atoms with Crippen molar-refractivity contribution < 1.29 is 19.0 Å². The Bertz CT molecular complexity index is 733. The highest BCUT2D eigenvalue weighted by atomic mass is 35.5. The topological polar surface area (TPSA) is 56.8 Å². The number of fused-ring (bicyclic) bond motifs is 1. The fraction of sp³-hybridized carbons (Fsp3) is 0.235. The molecule has 5 nitrogen and oxygen atoms in total. The van der Waals surface area contributed by atoms with Crippen LogP contribution in [0.2, 0.25) is 5.02 Å². The second-order valence-corrected chi connectivity index (χ2v) is 5.52. The zero-order valence-corrected chi connectivity index (χ0v) is 13.4. The lowest BCUT2D eigenvalue weighted by molar-refractivity contribution is 0.0946. The van der Waals surface area contributed by atoms with Crippen molar-refractivity contribution in [3.8, 4) is 17.2 Å². The molecule has 2 aromatic carbocycles. The van der Waals surface area contributed by atoms with Gasteiger partial charge in [0.05, 0.1) is 6.54 Å². The molecule has 1 aliphatic rings. The van der Waals surface area contributed by atoms with Crippen molar-refractivity contribution >= 4 is 17.5 Å². The second kappa shape index (κ2) is 6.79. The average Bonchev–Trinajstić information content (AvgIpc) is 3.00. The number of benzene rings is 2. The van der Waals surface area contributed by atoms with E-state index in [4.69, 9.17) is 25.8 Å². The Labute approximate surface area is 139 Å². The van der Waals surface area contributed by atoms with Gasteiger partial charge in [-0.05, 0) is 48.9 Å². The summed E-state index contributed by atoms with van der Waals surface area (Å²) in [4.78, 5) is 12.1. The monoisotopic (exact) mass is 333 g/mol. The molecule has 3 rings (SSSR count). The quantitative estimate of drug-likeness (QED) is 0.854. The SMILES string of the molecule is Cc1cc(Cl)ccc1OCCNC(=O)c1ccc2c(c1)OCO2. The summed E-state index contributed by atoms with van der Waals surface area (Å²) in [6.07, 6.45) is 0. The lowest BCUT2D eigenvalue weighted by Crippen LogP contribution is -2.28. The van der Waals surface area contributed by atoms with Gasteiger partial charge in [0.15, 0.2) is 11.5 Å². The van der Waals surface area contributed by atoms with E-state index in [0.717, 1.165) is 11.3 Å². The summed E-state index contributed by atoms with van der Waals surface area (Å²) in [7, 11) is 0. The Kier molecular flexibility index (Phi) is 4.57. The minimum Gasteiger partial charge on any atom is -0.491 e. The Morgan fingerprint density at radius 1 is 1.22 bits per heavy atom. The third-order valence-electron chi connectivity index (χ3n) is 3.42. The summed E-state index contributed by atoms with van der Waals surface area (Å²) in [5.41, 5.74) is 1.48. The second-order valence-electron chi connectivity index (χ2n) is 5.08. The molecule has 0 saturated carbocycles. The first-order chi connectivity index (χ1) is 11.1. The van der Waals surface area contributed by atoms with Crippen LogP contribution < -0.4 is 19.5 Å². The molecule has 1 aliphatic heterocycles. The maximum atomic E-state index is 12.1. The van der Waals surface area contributed by atoms with Gasteiger partial charge in [-0.1, -0.05) is 11.6 Å². The van der Waals surface area contributed by atoms with Crippen molar-refractivity contribution in [1.29, 1.82) is 0 Å². The largest absolute Gasteiger partial charge is 0.491 e. The van der Waals surface area contributed by atoms with Gasteiger partial charge in [-0.25, -0.2) is 0 Å². The highest BCUT2D eigenvalue weighted by molar-refractivity contribution is 6.30. The summed E-state index contributed by atoms with van der Waals surface area (Å²) in [5.74, 6) is 1.82. The number of ether oxygens (including phenoxy) is 3. The summed E-state index contributed by atoms with van der Waals surface area (Å²) < 4.78 is 16.1. The molecule has 6 heteroatoms. The van der Waals surface area contributed by atoms with Crippen LogP contribution in [0.3, 0.4) is 0 Å². The van der Waals surface area contributed by atoms with E-state index in [9.17, 15) is 4.79 Å². The Hall–Kier alpha value is -2.40. The van der Waals surface area contributed by atoms with Crippen molar-refractivity contribution in [1.82, 2.24) is 5.32 Å². The third-order valence-corrected chi connectivity index (χ3v) is 3.65. The minimum absolute atomic E-state index is 0.181. The number of rotatable bonds is 5. The molecule has 1 N–H and O–H groups in total. The molecule has 1 heterocycles. The van der Waals surface area contributed by atoms with Gasteiger partial charge in [0.25, 0.3) is 5.91 Å². The zero-order chi connectivity index (χ0) is 16.2. The van der Waals surface area contributed by atoms with Crippen LogP contribution >= 0.6 is 11.6 Å². The molecule has 0 atom stereocenters. The smallest absolute Gasteiger partial charge is 0.251 e.